The van der Waals surface area contributed by atoms with Crippen LogP contribution < -0.4 is 15.0 Å². The van der Waals surface area contributed by atoms with E-state index in [4.69, 9.17) is 17.0 Å². The summed E-state index contributed by atoms with van der Waals surface area (Å²) in [4.78, 5) is 6.83. The third kappa shape index (κ3) is 4.84. The molecule has 0 radical (unpaired) electrons. The van der Waals surface area contributed by atoms with Gasteiger partial charge in [0.1, 0.15) is 17.3 Å². The fourth-order valence-electron chi connectivity index (χ4n) is 5.44. The number of hydrogen-bond donors (Lipinski definition) is 1. The normalized spacial score (nSPS) is 16.7. The highest BCUT2D eigenvalue weighted by molar-refractivity contribution is 7.80. The van der Waals surface area contributed by atoms with Gasteiger partial charge in [-0.3, -0.25) is 4.98 Å². The number of nitrogens with zero attached hydrogens (tertiary/aromatic N) is 3. The maximum absolute atomic E-state index is 13.7. The van der Waals surface area contributed by atoms with Crippen LogP contribution in [0.5, 0.6) is 11.5 Å². The molecule has 0 bridgehead atoms. The fourth-order valence-corrected chi connectivity index (χ4v) is 5.79. The summed E-state index contributed by atoms with van der Waals surface area (Å²) >= 11 is 5.92. The number of aryl methyl sites for hydroxylation is 2. The molecule has 3 aromatic carbocycles. The minimum atomic E-state index is -0.257. The monoisotopic (exact) mass is 548 g/mol. The summed E-state index contributed by atoms with van der Waals surface area (Å²) in [6, 6.07) is 30.4. The molecule has 1 fully saturated rings. The predicted octanol–water partition coefficient (Wildman–Crippen LogP) is 7.91. The van der Waals surface area contributed by atoms with E-state index in [1.54, 1.807) is 18.3 Å². The lowest BCUT2D eigenvalue weighted by Crippen LogP contribution is -2.29. The standard InChI is InChI=1S/C33H29FN4OS/c1-21-7-15-27(16-8-21)39-28-17-13-26(14-18-28)38-32(31(36-33(38)40)30-6-4-5-19-35-30)29-20-22(2)37(23(29)3)25-11-9-24(34)10-12-25/h4-20,31-32H,1-3H3,(H,36,40)/t31-,32+/m0/s1. The highest BCUT2D eigenvalue weighted by Gasteiger charge is 2.42. The number of thiocarbonyl (C=S) groups is 1. The van der Waals surface area contributed by atoms with E-state index in [0.29, 0.717) is 5.11 Å². The van der Waals surface area contributed by atoms with Crippen LogP contribution >= 0.6 is 12.2 Å². The van der Waals surface area contributed by atoms with E-state index < -0.39 is 0 Å². The van der Waals surface area contributed by atoms with Crippen LogP contribution in [0.2, 0.25) is 0 Å². The molecule has 2 atom stereocenters. The Morgan fingerprint density at radius 1 is 0.825 bits per heavy atom. The van der Waals surface area contributed by atoms with Crippen LogP contribution in [0.15, 0.2) is 103 Å². The lowest BCUT2D eigenvalue weighted by Gasteiger charge is -2.28. The highest BCUT2D eigenvalue weighted by Crippen LogP contribution is 2.44. The zero-order valence-electron chi connectivity index (χ0n) is 22.5. The van der Waals surface area contributed by atoms with Gasteiger partial charge in [0.15, 0.2) is 5.11 Å². The van der Waals surface area contributed by atoms with Crippen molar-refractivity contribution >= 4 is 23.0 Å². The molecule has 0 saturated carbocycles. The van der Waals surface area contributed by atoms with Crippen LogP contribution in [0, 0.1) is 26.6 Å². The summed E-state index contributed by atoms with van der Waals surface area (Å²) in [5, 5.41) is 4.16. The first-order chi connectivity index (χ1) is 19.4. The molecule has 0 amide bonds. The van der Waals surface area contributed by atoms with Gasteiger partial charge in [-0.25, -0.2) is 4.39 Å². The van der Waals surface area contributed by atoms with Crippen molar-refractivity contribution in [2.24, 2.45) is 0 Å². The minimum Gasteiger partial charge on any atom is -0.457 e. The molecule has 5 aromatic rings. The summed E-state index contributed by atoms with van der Waals surface area (Å²) < 4.78 is 21.9. The molecular weight excluding hydrogens is 519 g/mol. The van der Waals surface area contributed by atoms with E-state index in [9.17, 15) is 4.39 Å². The molecule has 6 rings (SSSR count). The molecule has 1 aliphatic rings. The molecule has 40 heavy (non-hydrogen) atoms. The quantitative estimate of drug-likeness (QED) is 0.219. The van der Waals surface area contributed by atoms with Gasteiger partial charge < -0.3 is 19.5 Å². The van der Waals surface area contributed by atoms with Crippen molar-refractivity contribution in [2.75, 3.05) is 4.90 Å². The van der Waals surface area contributed by atoms with Crippen molar-refractivity contribution in [3.05, 3.63) is 137 Å². The number of nitrogens with one attached hydrogen (secondary N) is 1. The SMILES string of the molecule is Cc1ccc(Oc2ccc(N3C(=S)N[C@@H](c4ccccn4)[C@H]3c3cc(C)n(-c4ccc(F)cc4)c3C)cc2)cc1. The summed E-state index contributed by atoms with van der Waals surface area (Å²) in [6.45, 7) is 6.22. The molecule has 3 heterocycles. The van der Waals surface area contributed by atoms with Gasteiger partial charge >= 0.3 is 0 Å². The maximum atomic E-state index is 13.7. The topological polar surface area (TPSA) is 42.3 Å². The van der Waals surface area contributed by atoms with Crippen LogP contribution in [0.3, 0.4) is 0 Å². The Hall–Kier alpha value is -4.49. The van der Waals surface area contributed by atoms with Crippen LogP contribution in [-0.4, -0.2) is 14.7 Å². The molecular formula is C33H29FN4OS. The average Bonchev–Trinajstić information content (AvgIpc) is 3.46. The predicted molar refractivity (Wildman–Crippen MR) is 161 cm³/mol. The second-order valence-electron chi connectivity index (χ2n) is 10.0. The van der Waals surface area contributed by atoms with Gasteiger partial charge in [-0.05, 0) is 117 Å². The van der Waals surface area contributed by atoms with Crippen molar-refractivity contribution in [2.45, 2.75) is 32.9 Å². The maximum Gasteiger partial charge on any atom is 0.174 e. The Kier molecular flexibility index (Phi) is 6.82. The number of halogens is 1. The fraction of sp³-hybridized carbons (Fsp3) is 0.152. The molecule has 7 heteroatoms. The van der Waals surface area contributed by atoms with Crippen molar-refractivity contribution < 1.29 is 9.13 Å². The molecule has 2 aromatic heterocycles. The first-order valence-corrected chi connectivity index (χ1v) is 13.6. The van der Waals surface area contributed by atoms with E-state index in [1.807, 2.05) is 66.7 Å². The number of anilines is 1. The van der Waals surface area contributed by atoms with E-state index in [0.717, 1.165) is 45.5 Å². The van der Waals surface area contributed by atoms with Gasteiger partial charge in [0.2, 0.25) is 0 Å². The van der Waals surface area contributed by atoms with Gasteiger partial charge in [-0.15, -0.1) is 0 Å². The lowest BCUT2D eigenvalue weighted by molar-refractivity contribution is 0.482. The zero-order valence-corrected chi connectivity index (χ0v) is 23.3. The summed E-state index contributed by atoms with van der Waals surface area (Å²) in [6.07, 6.45) is 1.80. The molecule has 0 unspecified atom stereocenters. The van der Waals surface area contributed by atoms with Crippen molar-refractivity contribution in [3.8, 4) is 17.2 Å². The molecule has 5 nitrogen and oxygen atoms in total. The number of aromatic nitrogens is 2. The smallest absolute Gasteiger partial charge is 0.174 e. The summed E-state index contributed by atoms with van der Waals surface area (Å²) in [5.74, 6) is 1.28. The first-order valence-electron chi connectivity index (χ1n) is 13.2. The van der Waals surface area contributed by atoms with Gasteiger partial charge in [0.05, 0.1) is 17.8 Å². The third-order valence-electron chi connectivity index (χ3n) is 7.34. The van der Waals surface area contributed by atoms with Crippen molar-refractivity contribution in [1.82, 2.24) is 14.9 Å². The summed E-state index contributed by atoms with van der Waals surface area (Å²) in [7, 11) is 0. The molecule has 1 saturated heterocycles. The second kappa shape index (κ2) is 10.6. The van der Waals surface area contributed by atoms with Crippen molar-refractivity contribution in [3.63, 3.8) is 0 Å². The van der Waals surface area contributed by atoms with Gasteiger partial charge in [0, 0.05) is 29.0 Å². The molecule has 200 valence electrons. The minimum absolute atomic E-state index is 0.160. The van der Waals surface area contributed by atoms with Crippen LogP contribution in [0.1, 0.15) is 40.3 Å². The number of pyridine rings is 1. The Morgan fingerprint density at radius 2 is 1.48 bits per heavy atom. The van der Waals surface area contributed by atoms with E-state index >= 15 is 0 Å². The van der Waals surface area contributed by atoms with Crippen LogP contribution in [0.4, 0.5) is 10.1 Å². The number of hydrogen-bond acceptors (Lipinski definition) is 3. The number of rotatable bonds is 6. The average molecular weight is 549 g/mol. The first kappa shape index (κ1) is 25.8. The highest BCUT2D eigenvalue weighted by atomic mass is 32.1. The van der Waals surface area contributed by atoms with Gasteiger partial charge in [-0.1, -0.05) is 23.8 Å². The van der Waals surface area contributed by atoms with Gasteiger partial charge in [0.25, 0.3) is 0 Å². The van der Waals surface area contributed by atoms with Gasteiger partial charge in [-0.2, -0.15) is 0 Å². The Balaban J connectivity index is 1.40. The number of benzene rings is 3. The molecule has 0 spiro atoms. The van der Waals surface area contributed by atoms with E-state index in [2.05, 4.69) is 46.6 Å². The zero-order chi connectivity index (χ0) is 27.8. The largest absolute Gasteiger partial charge is 0.457 e. The molecule has 1 aliphatic heterocycles. The Bertz CT molecular complexity index is 1650. The van der Waals surface area contributed by atoms with Crippen LogP contribution in [-0.2, 0) is 0 Å². The second-order valence-corrected chi connectivity index (χ2v) is 10.4. The third-order valence-corrected chi connectivity index (χ3v) is 7.66. The Morgan fingerprint density at radius 3 is 2.12 bits per heavy atom. The lowest BCUT2D eigenvalue weighted by atomic mass is 9.96. The molecule has 0 aliphatic carbocycles. The van der Waals surface area contributed by atoms with Crippen molar-refractivity contribution in [1.29, 1.82) is 0 Å². The summed E-state index contributed by atoms with van der Waals surface area (Å²) in [5.41, 5.74) is 7.18. The van der Waals surface area contributed by atoms with E-state index in [-0.39, 0.29) is 17.9 Å². The number of ether oxygens (including phenoxy) is 1. The van der Waals surface area contributed by atoms with E-state index in [1.165, 1.54) is 17.7 Å². The Labute approximate surface area is 238 Å². The molecule has 1 N–H and O–H groups in total. The van der Waals surface area contributed by atoms with Crippen LogP contribution in [0.25, 0.3) is 5.69 Å².